The fraction of sp³-hybridized carbons (Fsp3) is 0.308. The standard InChI is InChI=1S/C13H14N4O3/c18-17(19)13-9-10(11-3-4-14-15-11)1-2-12(13)16-5-7-20-8-6-16/h1-4,9H,5-8H2,(H,14,15). The highest BCUT2D eigenvalue weighted by atomic mass is 16.6. The largest absolute Gasteiger partial charge is 0.378 e. The summed E-state index contributed by atoms with van der Waals surface area (Å²) in [5, 5.41) is 18.0. The first kappa shape index (κ1) is 12.6. The maximum atomic E-state index is 11.3. The number of hydrogen-bond donors (Lipinski definition) is 1. The van der Waals surface area contributed by atoms with Crippen molar-refractivity contribution in [3.8, 4) is 11.3 Å². The van der Waals surface area contributed by atoms with Crippen molar-refractivity contribution in [1.29, 1.82) is 0 Å². The molecule has 1 fully saturated rings. The minimum atomic E-state index is -0.343. The number of benzene rings is 1. The monoisotopic (exact) mass is 274 g/mol. The maximum Gasteiger partial charge on any atom is 0.293 e. The molecule has 2 heterocycles. The molecule has 0 amide bonds. The lowest BCUT2D eigenvalue weighted by Gasteiger charge is -2.28. The van der Waals surface area contributed by atoms with E-state index in [1.807, 2.05) is 11.0 Å². The van der Waals surface area contributed by atoms with Crippen LogP contribution in [0.25, 0.3) is 11.3 Å². The Morgan fingerprint density at radius 2 is 2.10 bits per heavy atom. The summed E-state index contributed by atoms with van der Waals surface area (Å²) >= 11 is 0. The van der Waals surface area contributed by atoms with Crippen molar-refractivity contribution in [1.82, 2.24) is 10.2 Å². The predicted octanol–water partition coefficient (Wildman–Crippen LogP) is 1.82. The van der Waals surface area contributed by atoms with Crippen LogP contribution in [0.5, 0.6) is 0 Å². The Labute approximate surface area is 115 Å². The van der Waals surface area contributed by atoms with Gasteiger partial charge in [-0.2, -0.15) is 5.10 Å². The maximum absolute atomic E-state index is 11.3. The highest BCUT2D eigenvalue weighted by molar-refractivity contribution is 5.72. The summed E-state index contributed by atoms with van der Waals surface area (Å²) in [6.45, 7) is 2.54. The summed E-state index contributed by atoms with van der Waals surface area (Å²) in [6, 6.07) is 7.02. The molecule has 0 atom stereocenters. The van der Waals surface area contributed by atoms with E-state index in [9.17, 15) is 10.1 Å². The van der Waals surface area contributed by atoms with E-state index in [-0.39, 0.29) is 10.6 Å². The van der Waals surface area contributed by atoms with E-state index < -0.39 is 0 Å². The zero-order valence-corrected chi connectivity index (χ0v) is 10.8. The van der Waals surface area contributed by atoms with Gasteiger partial charge in [0.25, 0.3) is 5.69 Å². The van der Waals surface area contributed by atoms with Gasteiger partial charge in [0.2, 0.25) is 0 Å². The minimum Gasteiger partial charge on any atom is -0.378 e. The number of nitrogens with one attached hydrogen (secondary N) is 1. The van der Waals surface area contributed by atoms with Gasteiger partial charge >= 0.3 is 0 Å². The second-order valence-corrected chi connectivity index (χ2v) is 4.53. The third-order valence-electron chi connectivity index (χ3n) is 3.34. The second-order valence-electron chi connectivity index (χ2n) is 4.53. The number of nitro groups is 1. The molecular formula is C13H14N4O3. The predicted molar refractivity (Wildman–Crippen MR) is 73.7 cm³/mol. The summed E-state index contributed by atoms with van der Waals surface area (Å²) in [4.78, 5) is 12.9. The molecule has 0 unspecified atom stereocenters. The zero-order valence-electron chi connectivity index (χ0n) is 10.8. The van der Waals surface area contributed by atoms with Crippen molar-refractivity contribution >= 4 is 11.4 Å². The smallest absolute Gasteiger partial charge is 0.293 e. The number of nitro benzene ring substituents is 1. The molecule has 0 spiro atoms. The SMILES string of the molecule is O=[N+]([O-])c1cc(-c2ccn[nH]2)ccc1N1CCOCC1. The van der Waals surface area contributed by atoms with Crippen LogP contribution in [0.4, 0.5) is 11.4 Å². The van der Waals surface area contributed by atoms with Gasteiger partial charge in [-0.15, -0.1) is 0 Å². The molecule has 1 aromatic carbocycles. The number of rotatable bonds is 3. The van der Waals surface area contributed by atoms with Gasteiger partial charge in [0.05, 0.1) is 23.8 Å². The fourth-order valence-electron chi connectivity index (χ4n) is 2.33. The third-order valence-corrected chi connectivity index (χ3v) is 3.34. The lowest BCUT2D eigenvalue weighted by atomic mass is 10.1. The Morgan fingerprint density at radius 1 is 1.30 bits per heavy atom. The van der Waals surface area contributed by atoms with Crippen molar-refractivity contribution in [2.45, 2.75) is 0 Å². The molecule has 0 saturated carbocycles. The summed E-state index contributed by atoms with van der Waals surface area (Å²) in [7, 11) is 0. The molecule has 20 heavy (non-hydrogen) atoms. The van der Waals surface area contributed by atoms with Gasteiger partial charge in [0.1, 0.15) is 5.69 Å². The summed E-state index contributed by atoms with van der Waals surface area (Å²) in [6.07, 6.45) is 1.62. The third kappa shape index (κ3) is 2.35. The summed E-state index contributed by atoms with van der Waals surface area (Å²) in [5.74, 6) is 0. The van der Waals surface area contributed by atoms with Crippen LogP contribution in [0.3, 0.4) is 0 Å². The number of morpholine rings is 1. The van der Waals surface area contributed by atoms with Gasteiger partial charge in [-0.25, -0.2) is 0 Å². The first-order chi connectivity index (χ1) is 9.75. The van der Waals surface area contributed by atoms with E-state index in [2.05, 4.69) is 10.2 Å². The van der Waals surface area contributed by atoms with Gasteiger partial charge in [0.15, 0.2) is 0 Å². The molecule has 1 aromatic heterocycles. The Balaban J connectivity index is 2.00. The minimum absolute atomic E-state index is 0.110. The number of aromatic amines is 1. The molecule has 3 rings (SSSR count). The van der Waals surface area contributed by atoms with Crippen molar-refractivity contribution in [2.75, 3.05) is 31.2 Å². The van der Waals surface area contributed by atoms with Crippen molar-refractivity contribution in [3.05, 3.63) is 40.6 Å². The van der Waals surface area contributed by atoms with Crippen molar-refractivity contribution in [3.63, 3.8) is 0 Å². The van der Waals surface area contributed by atoms with Gasteiger partial charge in [-0.05, 0) is 12.1 Å². The van der Waals surface area contributed by atoms with Crippen LogP contribution < -0.4 is 4.90 Å². The molecule has 0 bridgehead atoms. The van der Waals surface area contributed by atoms with Crippen molar-refractivity contribution < 1.29 is 9.66 Å². The first-order valence-corrected chi connectivity index (χ1v) is 6.36. The Bertz CT molecular complexity index is 606. The topological polar surface area (TPSA) is 84.3 Å². The van der Waals surface area contributed by atoms with E-state index in [4.69, 9.17) is 4.74 Å². The van der Waals surface area contributed by atoms with E-state index in [1.54, 1.807) is 24.4 Å². The van der Waals surface area contributed by atoms with Gasteiger partial charge in [0, 0.05) is 30.9 Å². The average Bonchev–Trinajstić information content (AvgIpc) is 3.02. The number of anilines is 1. The number of nitrogens with zero attached hydrogens (tertiary/aromatic N) is 3. The Morgan fingerprint density at radius 3 is 2.75 bits per heavy atom. The van der Waals surface area contributed by atoms with Crippen LogP contribution in [0.2, 0.25) is 0 Å². The number of hydrogen-bond acceptors (Lipinski definition) is 5. The molecule has 7 nitrogen and oxygen atoms in total. The number of ether oxygens (including phenoxy) is 1. The van der Waals surface area contributed by atoms with E-state index in [1.165, 1.54) is 0 Å². The van der Waals surface area contributed by atoms with Crippen LogP contribution in [-0.4, -0.2) is 41.4 Å². The van der Waals surface area contributed by atoms with E-state index >= 15 is 0 Å². The molecule has 2 aromatic rings. The second kappa shape index (κ2) is 5.30. The van der Waals surface area contributed by atoms with Crippen LogP contribution in [0.1, 0.15) is 0 Å². The lowest BCUT2D eigenvalue weighted by Crippen LogP contribution is -2.36. The molecule has 0 radical (unpaired) electrons. The van der Waals surface area contributed by atoms with E-state index in [0.717, 1.165) is 11.3 Å². The average molecular weight is 274 g/mol. The van der Waals surface area contributed by atoms with Crippen LogP contribution >= 0.6 is 0 Å². The molecule has 1 N–H and O–H groups in total. The number of aromatic nitrogens is 2. The normalized spacial score (nSPS) is 15.3. The van der Waals surface area contributed by atoms with Gasteiger partial charge in [-0.3, -0.25) is 15.2 Å². The van der Waals surface area contributed by atoms with E-state index in [0.29, 0.717) is 32.0 Å². The Hall–Kier alpha value is -2.41. The quantitative estimate of drug-likeness (QED) is 0.681. The van der Waals surface area contributed by atoms with Crippen molar-refractivity contribution in [2.24, 2.45) is 0 Å². The Kier molecular flexibility index (Phi) is 3.34. The molecule has 104 valence electrons. The summed E-state index contributed by atoms with van der Waals surface area (Å²) < 4.78 is 5.28. The zero-order chi connectivity index (χ0) is 13.9. The van der Waals surface area contributed by atoms with Gasteiger partial charge < -0.3 is 9.64 Å². The van der Waals surface area contributed by atoms with Crippen LogP contribution in [-0.2, 0) is 4.74 Å². The molecule has 7 heteroatoms. The highest BCUT2D eigenvalue weighted by Crippen LogP contribution is 2.32. The molecule has 1 aliphatic rings. The van der Waals surface area contributed by atoms with Crippen LogP contribution in [0.15, 0.2) is 30.5 Å². The fourth-order valence-corrected chi connectivity index (χ4v) is 2.33. The van der Waals surface area contributed by atoms with Gasteiger partial charge in [-0.1, -0.05) is 6.07 Å². The first-order valence-electron chi connectivity index (χ1n) is 6.36. The molecule has 1 aliphatic heterocycles. The highest BCUT2D eigenvalue weighted by Gasteiger charge is 2.22. The summed E-state index contributed by atoms with van der Waals surface area (Å²) in [5.41, 5.74) is 2.27. The van der Waals surface area contributed by atoms with Crippen LogP contribution in [0, 0.1) is 10.1 Å². The lowest BCUT2D eigenvalue weighted by molar-refractivity contribution is -0.384. The molecule has 1 saturated heterocycles. The molecular weight excluding hydrogens is 260 g/mol. The number of H-pyrrole nitrogens is 1. The molecule has 0 aliphatic carbocycles.